The van der Waals surface area contributed by atoms with E-state index in [1.165, 1.54) is 0 Å². The molecule has 0 saturated heterocycles. The number of hydrogen-bond acceptors (Lipinski definition) is 4. The van der Waals surface area contributed by atoms with Crippen molar-refractivity contribution in [1.29, 1.82) is 5.41 Å². The van der Waals surface area contributed by atoms with Gasteiger partial charge in [0.25, 0.3) is 0 Å². The average molecular weight is 479 g/mol. The van der Waals surface area contributed by atoms with Crippen LogP contribution in [0.2, 0.25) is 0 Å². The third-order valence-electron chi connectivity index (χ3n) is 5.48. The van der Waals surface area contributed by atoms with E-state index in [4.69, 9.17) is 11.1 Å². The molecule has 34 heavy (non-hydrogen) atoms. The standard InChI is InChI=1S/C26H30N4O3S/c1-2-3-14-30(18-20-8-7-11-22(15-20)26(27)28)25(31)17-19-12-13-23(21-9-5-4-6-10-21)24(16-19)29-34(32)33/h4-13,15-16,34H,2-3,14,17-18H2,1H3,(H3,27,28)(H,29,32,33). The summed E-state index contributed by atoms with van der Waals surface area (Å²) in [5, 5.41) is 7.65. The number of rotatable bonds is 11. The van der Waals surface area contributed by atoms with Crippen LogP contribution in [0.1, 0.15) is 36.5 Å². The zero-order valence-corrected chi connectivity index (χ0v) is 20.1. The van der Waals surface area contributed by atoms with Crippen molar-refractivity contribution >= 4 is 28.3 Å². The van der Waals surface area contributed by atoms with Gasteiger partial charge in [-0.2, -0.15) is 0 Å². The van der Waals surface area contributed by atoms with Crippen molar-refractivity contribution in [3.8, 4) is 11.1 Å². The largest absolute Gasteiger partial charge is 0.384 e. The van der Waals surface area contributed by atoms with Gasteiger partial charge in [0.05, 0.1) is 12.1 Å². The molecule has 7 nitrogen and oxygen atoms in total. The normalized spacial score (nSPS) is 10.8. The molecule has 3 rings (SSSR count). The highest BCUT2D eigenvalue weighted by Gasteiger charge is 2.16. The number of benzene rings is 3. The van der Waals surface area contributed by atoms with Gasteiger partial charge in [0.1, 0.15) is 5.84 Å². The fourth-order valence-corrected chi connectivity index (χ4v) is 4.13. The first kappa shape index (κ1) is 25.0. The molecule has 0 bridgehead atoms. The minimum Gasteiger partial charge on any atom is -0.384 e. The van der Waals surface area contributed by atoms with E-state index in [9.17, 15) is 13.2 Å². The van der Waals surface area contributed by atoms with Crippen LogP contribution >= 0.6 is 0 Å². The molecule has 1 amide bonds. The van der Waals surface area contributed by atoms with Crippen molar-refractivity contribution in [2.24, 2.45) is 5.73 Å². The van der Waals surface area contributed by atoms with Crippen molar-refractivity contribution in [1.82, 2.24) is 4.90 Å². The zero-order valence-electron chi connectivity index (χ0n) is 19.2. The molecule has 0 saturated carbocycles. The van der Waals surface area contributed by atoms with Gasteiger partial charge in [-0.15, -0.1) is 0 Å². The van der Waals surface area contributed by atoms with Gasteiger partial charge in [-0.25, -0.2) is 8.42 Å². The molecule has 0 atom stereocenters. The highest BCUT2D eigenvalue weighted by molar-refractivity contribution is 7.73. The maximum Gasteiger partial charge on any atom is 0.227 e. The summed E-state index contributed by atoms with van der Waals surface area (Å²) in [4.78, 5) is 15.0. The summed E-state index contributed by atoms with van der Waals surface area (Å²) in [5.74, 6) is -0.0601. The van der Waals surface area contributed by atoms with Crippen molar-refractivity contribution in [2.75, 3.05) is 11.3 Å². The molecule has 0 radical (unpaired) electrons. The summed E-state index contributed by atoms with van der Waals surface area (Å²) in [5.41, 5.74) is 9.95. The molecule has 0 fully saturated rings. The Bertz CT molecular complexity index is 1220. The molecular weight excluding hydrogens is 448 g/mol. The Morgan fingerprint density at radius 2 is 1.76 bits per heavy atom. The van der Waals surface area contributed by atoms with E-state index in [-0.39, 0.29) is 18.2 Å². The number of amidine groups is 1. The van der Waals surface area contributed by atoms with Gasteiger partial charge >= 0.3 is 0 Å². The van der Waals surface area contributed by atoms with Crippen LogP contribution in [-0.2, 0) is 28.7 Å². The number of nitrogen functional groups attached to an aromatic ring is 1. The topological polar surface area (TPSA) is 116 Å². The summed E-state index contributed by atoms with van der Waals surface area (Å²) in [6, 6.07) is 22.3. The second kappa shape index (κ2) is 12.0. The quantitative estimate of drug-likeness (QED) is 0.190. The number of thiol groups is 1. The lowest BCUT2D eigenvalue weighted by Crippen LogP contribution is -2.33. The van der Waals surface area contributed by atoms with Crippen molar-refractivity contribution in [3.63, 3.8) is 0 Å². The minimum absolute atomic E-state index is 0.0106. The van der Waals surface area contributed by atoms with E-state index in [1.54, 1.807) is 17.0 Å². The number of amides is 1. The lowest BCUT2D eigenvalue weighted by Gasteiger charge is -2.23. The van der Waals surface area contributed by atoms with Crippen LogP contribution in [-0.4, -0.2) is 31.6 Å². The Morgan fingerprint density at radius 3 is 2.44 bits per heavy atom. The van der Waals surface area contributed by atoms with Crippen LogP contribution in [0.3, 0.4) is 0 Å². The number of carbonyl (C=O) groups excluding carboxylic acids is 1. The molecule has 0 spiro atoms. The summed E-state index contributed by atoms with van der Waals surface area (Å²) in [6.45, 7) is 3.10. The first-order valence-electron chi connectivity index (χ1n) is 11.2. The molecule has 178 valence electrons. The molecular formula is C26H30N4O3S. The molecule has 0 aliphatic heterocycles. The third kappa shape index (κ3) is 6.92. The van der Waals surface area contributed by atoms with Crippen LogP contribution in [0.25, 0.3) is 11.1 Å². The molecule has 3 aromatic rings. The maximum absolute atomic E-state index is 13.2. The van der Waals surface area contributed by atoms with Crippen molar-refractivity contribution in [3.05, 3.63) is 89.5 Å². The van der Waals surface area contributed by atoms with E-state index in [1.807, 2.05) is 60.7 Å². The maximum atomic E-state index is 13.2. The second-order valence-electron chi connectivity index (χ2n) is 8.07. The number of hydrogen-bond donors (Lipinski definition) is 4. The van der Waals surface area contributed by atoms with Crippen molar-refractivity contribution < 1.29 is 13.2 Å². The van der Waals surface area contributed by atoms with Gasteiger partial charge in [0.2, 0.25) is 16.8 Å². The molecule has 0 aliphatic rings. The summed E-state index contributed by atoms with van der Waals surface area (Å²) < 4.78 is 25.3. The third-order valence-corrected chi connectivity index (χ3v) is 5.91. The fraction of sp³-hybridized carbons (Fsp3) is 0.231. The molecule has 0 unspecified atom stereocenters. The van der Waals surface area contributed by atoms with Gasteiger partial charge in [0.15, 0.2) is 0 Å². The molecule has 8 heteroatoms. The predicted octanol–water partition coefficient (Wildman–Crippen LogP) is 3.95. The van der Waals surface area contributed by atoms with Crippen molar-refractivity contribution in [2.45, 2.75) is 32.7 Å². The summed E-state index contributed by atoms with van der Waals surface area (Å²) in [6.07, 6.45) is 1.97. The number of carbonyl (C=O) groups is 1. The number of nitrogens with zero attached hydrogens (tertiary/aromatic N) is 1. The minimum atomic E-state index is -2.85. The monoisotopic (exact) mass is 478 g/mol. The Morgan fingerprint density at radius 1 is 1.00 bits per heavy atom. The molecule has 0 aliphatic carbocycles. The van der Waals surface area contributed by atoms with E-state index in [0.717, 1.165) is 35.1 Å². The van der Waals surface area contributed by atoms with Crippen LogP contribution < -0.4 is 10.5 Å². The van der Waals surface area contributed by atoms with Gasteiger partial charge in [-0.1, -0.05) is 74.0 Å². The van der Waals surface area contributed by atoms with Crippen LogP contribution in [0, 0.1) is 5.41 Å². The molecule has 4 N–H and O–H groups in total. The van der Waals surface area contributed by atoms with Gasteiger partial charge < -0.3 is 10.6 Å². The molecule has 0 aromatic heterocycles. The average Bonchev–Trinajstić information content (AvgIpc) is 2.82. The van der Waals surface area contributed by atoms with E-state index >= 15 is 0 Å². The molecule has 3 aromatic carbocycles. The smallest absolute Gasteiger partial charge is 0.227 e. The lowest BCUT2D eigenvalue weighted by atomic mass is 10.0. The number of unbranched alkanes of at least 4 members (excludes halogenated alkanes) is 1. The molecule has 0 heterocycles. The van der Waals surface area contributed by atoms with Crippen LogP contribution in [0.15, 0.2) is 72.8 Å². The van der Waals surface area contributed by atoms with Crippen LogP contribution in [0.5, 0.6) is 0 Å². The van der Waals surface area contributed by atoms with Gasteiger partial charge in [-0.05, 0) is 35.2 Å². The second-order valence-corrected chi connectivity index (χ2v) is 8.81. The highest BCUT2D eigenvalue weighted by atomic mass is 32.2. The van der Waals surface area contributed by atoms with Gasteiger partial charge in [-0.3, -0.25) is 14.9 Å². The van der Waals surface area contributed by atoms with E-state index in [2.05, 4.69) is 11.6 Å². The Kier molecular flexibility index (Phi) is 8.81. The zero-order chi connectivity index (χ0) is 24.5. The first-order valence-corrected chi connectivity index (χ1v) is 12.4. The lowest BCUT2D eigenvalue weighted by molar-refractivity contribution is -0.131. The Labute approximate surface area is 202 Å². The summed E-state index contributed by atoms with van der Waals surface area (Å²) >= 11 is 0. The predicted molar refractivity (Wildman–Crippen MR) is 137 cm³/mol. The van der Waals surface area contributed by atoms with E-state index in [0.29, 0.717) is 24.3 Å². The number of nitrogens with two attached hydrogens (primary N) is 1. The highest BCUT2D eigenvalue weighted by Crippen LogP contribution is 2.29. The number of nitrogens with one attached hydrogen (secondary N) is 2. The first-order chi connectivity index (χ1) is 16.4. The summed E-state index contributed by atoms with van der Waals surface area (Å²) in [7, 11) is -2.85. The van der Waals surface area contributed by atoms with E-state index < -0.39 is 10.9 Å². The number of anilines is 1. The SMILES string of the molecule is CCCCN(Cc1cccc(C(=N)N)c1)C(=O)Cc1ccc(-c2ccccc2)c(N[SH](=O)=O)c1. The van der Waals surface area contributed by atoms with Crippen LogP contribution in [0.4, 0.5) is 5.69 Å². The fourth-order valence-electron chi connectivity index (χ4n) is 3.75. The van der Waals surface area contributed by atoms with Gasteiger partial charge in [0, 0.05) is 24.2 Å². The Balaban J connectivity index is 1.84. The Hall–Kier alpha value is -3.65.